The first-order valence-electron chi connectivity index (χ1n) is 8.85. The summed E-state index contributed by atoms with van der Waals surface area (Å²) in [4.78, 5) is 20.1. The van der Waals surface area contributed by atoms with Crippen LogP contribution in [-0.4, -0.2) is 36.2 Å². The summed E-state index contributed by atoms with van der Waals surface area (Å²) in [5, 5.41) is 4.99. The van der Waals surface area contributed by atoms with Crippen LogP contribution >= 0.6 is 11.3 Å². The summed E-state index contributed by atoms with van der Waals surface area (Å²) >= 11 is 1.52. The van der Waals surface area contributed by atoms with Gasteiger partial charge in [-0.15, -0.1) is 11.3 Å². The molecular formula is C19H23N3O2S. The van der Waals surface area contributed by atoms with Crippen molar-refractivity contribution < 1.29 is 9.53 Å². The number of rotatable bonds is 4. The Morgan fingerprint density at radius 3 is 2.64 bits per heavy atom. The van der Waals surface area contributed by atoms with Crippen LogP contribution in [0.15, 0.2) is 29.8 Å². The van der Waals surface area contributed by atoms with Gasteiger partial charge in [-0.05, 0) is 61.7 Å². The third-order valence-electron chi connectivity index (χ3n) is 4.67. The number of carbonyl (C=O) groups excluding carboxylic acids is 1. The Balaban J connectivity index is 1.43. The first-order valence-corrected chi connectivity index (χ1v) is 9.73. The van der Waals surface area contributed by atoms with Crippen LogP contribution in [0.2, 0.25) is 0 Å². The number of hydrogen-bond acceptors (Lipinski definition) is 5. The Morgan fingerprint density at radius 2 is 2.00 bits per heavy atom. The van der Waals surface area contributed by atoms with E-state index >= 15 is 0 Å². The molecule has 1 N–H and O–H groups in total. The van der Waals surface area contributed by atoms with Gasteiger partial charge >= 0.3 is 0 Å². The van der Waals surface area contributed by atoms with Crippen molar-refractivity contribution in [1.82, 2.24) is 4.98 Å². The van der Waals surface area contributed by atoms with E-state index in [2.05, 4.69) is 35.1 Å². The molecule has 2 atom stereocenters. The Bertz CT molecular complexity index is 744. The third kappa shape index (κ3) is 3.70. The second-order valence-corrected chi connectivity index (χ2v) is 7.92. The van der Waals surface area contributed by atoms with Crippen LogP contribution in [-0.2, 0) is 4.74 Å². The molecule has 4 rings (SSSR count). The molecule has 1 saturated heterocycles. The van der Waals surface area contributed by atoms with E-state index in [-0.39, 0.29) is 18.1 Å². The molecule has 132 valence electrons. The Morgan fingerprint density at radius 1 is 1.24 bits per heavy atom. The number of nitrogens with one attached hydrogen (secondary N) is 1. The van der Waals surface area contributed by atoms with E-state index in [1.54, 1.807) is 6.20 Å². The van der Waals surface area contributed by atoms with Gasteiger partial charge in [0.05, 0.1) is 29.0 Å². The third-order valence-corrected chi connectivity index (χ3v) is 5.60. The van der Waals surface area contributed by atoms with Gasteiger partial charge in [0.15, 0.2) is 0 Å². The fourth-order valence-corrected chi connectivity index (χ4v) is 4.30. The number of pyridine rings is 1. The van der Waals surface area contributed by atoms with Crippen molar-refractivity contribution in [3.63, 3.8) is 0 Å². The molecule has 2 aromatic heterocycles. The summed E-state index contributed by atoms with van der Waals surface area (Å²) in [6.07, 6.45) is 4.53. The quantitative estimate of drug-likeness (QED) is 0.902. The average Bonchev–Trinajstić information content (AvgIpc) is 3.31. The lowest BCUT2D eigenvalue weighted by atomic mass is 10.1. The molecule has 1 amide bonds. The molecular weight excluding hydrogens is 334 g/mol. The highest BCUT2D eigenvalue weighted by atomic mass is 32.1. The molecule has 2 aromatic rings. The predicted molar refractivity (Wildman–Crippen MR) is 101 cm³/mol. The molecule has 3 heterocycles. The van der Waals surface area contributed by atoms with Crippen LogP contribution in [0.1, 0.15) is 47.8 Å². The van der Waals surface area contributed by atoms with E-state index in [0.29, 0.717) is 5.92 Å². The topological polar surface area (TPSA) is 54.5 Å². The number of carbonyl (C=O) groups is 1. The molecule has 6 heteroatoms. The zero-order chi connectivity index (χ0) is 17.4. The second kappa shape index (κ2) is 6.77. The fraction of sp³-hybridized carbons (Fsp3) is 0.474. The maximum atomic E-state index is 12.5. The van der Waals surface area contributed by atoms with Crippen LogP contribution in [0.25, 0.3) is 0 Å². The lowest BCUT2D eigenvalue weighted by Crippen LogP contribution is -2.45. The van der Waals surface area contributed by atoms with E-state index in [9.17, 15) is 4.79 Å². The lowest BCUT2D eigenvalue weighted by molar-refractivity contribution is -0.00545. The second-order valence-electron chi connectivity index (χ2n) is 7.00. The average molecular weight is 357 g/mol. The molecule has 2 fully saturated rings. The smallest absolute Gasteiger partial charge is 0.266 e. The maximum absolute atomic E-state index is 12.5. The Labute approximate surface area is 152 Å². The largest absolute Gasteiger partial charge is 0.372 e. The lowest BCUT2D eigenvalue weighted by Gasteiger charge is -2.36. The first-order chi connectivity index (χ1) is 12.1. The Hall–Kier alpha value is -1.92. The van der Waals surface area contributed by atoms with E-state index in [1.807, 2.05) is 17.5 Å². The highest BCUT2D eigenvalue weighted by Crippen LogP contribution is 2.43. The number of aromatic nitrogens is 1. The van der Waals surface area contributed by atoms with Gasteiger partial charge in [-0.25, -0.2) is 4.98 Å². The minimum atomic E-state index is -0.0277. The van der Waals surface area contributed by atoms with Crippen molar-refractivity contribution >= 4 is 28.7 Å². The van der Waals surface area contributed by atoms with Gasteiger partial charge in [0.1, 0.15) is 5.82 Å². The van der Waals surface area contributed by atoms with Gasteiger partial charge in [-0.2, -0.15) is 0 Å². The standard InChI is InChI=1S/C19H23N3O2S/c1-12-10-22(11-13(2)24-12)17-6-5-15(9-20-17)21-19(23)18-16(7-8-25-18)14-3-4-14/h5-9,12-14H,3-4,10-11H2,1-2H3,(H,21,23)/t12-,13+. The van der Waals surface area contributed by atoms with Crippen molar-refractivity contribution in [3.8, 4) is 0 Å². The molecule has 2 aliphatic rings. The summed E-state index contributed by atoms with van der Waals surface area (Å²) in [5.74, 6) is 1.48. The molecule has 0 bridgehead atoms. The molecule has 1 aliphatic carbocycles. The molecule has 0 aromatic carbocycles. The number of nitrogens with zero attached hydrogens (tertiary/aromatic N) is 2. The zero-order valence-electron chi connectivity index (χ0n) is 14.6. The summed E-state index contributed by atoms with van der Waals surface area (Å²) in [6.45, 7) is 5.83. The van der Waals surface area contributed by atoms with Gasteiger partial charge in [-0.1, -0.05) is 0 Å². The minimum absolute atomic E-state index is 0.0277. The number of hydrogen-bond donors (Lipinski definition) is 1. The normalized spacial score (nSPS) is 23.5. The molecule has 1 aliphatic heterocycles. The van der Waals surface area contributed by atoms with Crippen LogP contribution in [0.3, 0.4) is 0 Å². The molecule has 25 heavy (non-hydrogen) atoms. The summed E-state index contributed by atoms with van der Waals surface area (Å²) < 4.78 is 5.77. The van der Waals surface area contributed by atoms with Crippen molar-refractivity contribution in [2.24, 2.45) is 0 Å². The van der Waals surface area contributed by atoms with Gasteiger partial charge in [0.25, 0.3) is 5.91 Å². The number of amides is 1. The fourth-order valence-electron chi connectivity index (χ4n) is 3.42. The highest BCUT2D eigenvalue weighted by molar-refractivity contribution is 7.12. The Kier molecular flexibility index (Phi) is 4.48. The van der Waals surface area contributed by atoms with Gasteiger partial charge < -0.3 is 15.0 Å². The van der Waals surface area contributed by atoms with E-state index in [0.717, 1.165) is 29.5 Å². The number of thiophene rings is 1. The van der Waals surface area contributed by atoms with Crippen molar-refractivity contribution in [2.75, 3.05) is 23.3 Å². The molecule has 1 saturated carbocycles. The summed E-state index contributed by atoms with van der Waals surface area (Å²) in [5.41, 5.74) is 1.93. The number of ether oxygens (including phenoxy) is 1. The zero-order valence-corrected chi connectivity index (χ0v) is 15.4. The highest BCUT2D eigenvalue weighted by Gasteiger charge is 2.29. The molecule has 5 nitrogen and oxygen atoms in total. The van der Waals surface area contributed by atoms with Crippen LogP contribution in [0, 0.1) is 0 Å². The van der Waals surface area contributed by atoms with Crippen LogP contribution in [0.5, 0.6) is 0 Å². The van der Waals surface area contributed by atoms with Crippen molar-refractivity contribution in [1.29, 1.82) is 0 Å². The van der Waals surface area contributed by atoms with Crippen molar-refractivity contribution in [2.45, 2.75) is 44.8 Å². The SMILES string of the molecule is C[C@@H]1CN(c2ccc(NC(=O)c3sccc3C3CC3)cn2)C[C@H](C)O1. The first kappa shape index (κ1) is 16.5. The number of morpholine rings is 1. The van der Waals surface area contributed by atoms with Crippen LogP contribution < -0.4 is 10.2 Å². The van der Waals surface area contributed by atoms with Gasteiger partial charge in [-0.3, -0.25) is 4.79 Å². The monoisotopic (exact) mass is 357 g/mol. The summed E-state index contributed by atoms with van der Waals surface area (Å²) in [6, 6.07) is 5.98. The van der Waals surface area contributed by atoms with Crippen molar-refractivity contribution in [3.05, 3.63) is 40.2 Å². The number of anilines is 2. The minimum Gasteiger partial charge on any atom is -0.372 e. The van der Waals surface area contributed by atoms with E-state index in [1.165, 1.54) is 29.7 Å². The van der Waals surface area contributed by atoms with E-state index < -0.39 is 0 Å². The molecule has 0 unspecified atom stereocenters. The maximum Gasteiger partial charge on any atom is 0.266 e. The molecule has 0 radical (unpaired) electrons. The van der Waals surface area contributed by atoms with Crippen LogP contribution in [0.4, 0.5) is 11.5 Å². The van der Waals surface area contributed by atoms with E-state index in [4.69, 9.17) is 4.74 Å². The van der Waals surface area contributed by atoms with Gasteiger partial charge in [0, 0.05) is 13.1 Å². The predicted octanol–water partition coefficient (Wildman–Crippen LogP) is 3.89. The molecule has 0 spiro atoms. The summed E-state index contributed by atoms with van der Waals surface area (Å²) in [7, 11) is 0. The van der Waals surface area contributed by atoms with Gasteiger partial charge in [0.2, 0.25) is 0 Å².